The van der Waals surface area contributed by atoms with E-state index in [9.17, 15) is 5.11 Å². The van der Waals surface area contributed by atoms with E-state index in [2.05, 4.69) is 0 Å². The van der Waals surface area contributed by atoms with Gasteiger partial charge in [-0.25, -0.2) is 0 Å². The highest BCUT2D eigenvalue weighted by atomic mass is 35.5. The minimum absolute atomic E-state index is 0.514. The molecule has 1 atom stereocenters. The van der Waals surface area contributed by atoms with Crippen molar-refractivity contribution in [1.82, 2.24) is 0 Å². The summed E-state index contributed by atoms with van der Waals surface area (Å²) in [5.41, 5.74) is 0.792. The van der Waals surface area contributed by atoms with Crippen LogP contribution < -0.4 is 4.74 Å². The Bertz CT molecular complexity index is 525. The molecule has 0 fully saturated rings. The van der Waals surface area contributed by atoms with Gasteiger partial charge in [-0.15, -0.1) is 0 Å². The van der Waals surface area contributed by atoms with Gasteiger partial charge < -0.3 is 9.84 Å². The van der Waals surface area contributed by atoms with E-state index in [1.54, 1.807) is 12.1 Å². The third-order valence-electron chi connectivity index (χ3n) is 2.69. The SMILES string of the molecule is CCC(O)c1ccccc1Oc1cccc(Cl)c1. The van der Waals surface area contributed by atoms with E-state index in [4.69, 9.17) is 16.3 Å². The van der Waals surface area contributed by atoms with E-state index in [0.717, 1.165) is 5.56 Å². The van der Waals surface area contributed by atoms with Gasteiger partial charge in [0.15, 0.2) is 0 Å². The lowest BCUT2D eigenvalue weighted by Crippen LogP contribution is -1.98. The van der Waals surface area contributed by atoms with Crippen LogP contribution in [0.1, 0.15) is 25.0 Å². The van der Waals surface area contributed by atoms with Crippen LogP contribution in [0.2, 0.25) is 5.02 Å². The molecule has 1 N–H and O–H groups in total. The van der Waals surface area contributed by atoms with Gasteiger partial charge in [0.25, 0.3) is 0 Å². The average Bonchev–Trinajstić information content (AvgIpc) is 2.38. The van der Waals surface area contributed by atoms with Gasteiger partial charge in [-0.05, 0) is 30.7 Å². The third kappa shape index (κ3) is 3.03. The van der Waals surface area contributed by atoms with Crippen LogP contribution in [0.3, 0.4) is 0 Å². The zero-order chi connectivity index (χ0) is 13.0. The molecule has 0 radical (unpaired) electrons. The van der Waals surface area contributed by atoms with Gasteiger partial charge in [0.2, 0.25) is 0 Å². The molecule has 2 rings (SSSR count). The van der Waals surface area contributed by atoms with Gasteiger partial charge in [-0.1, -0.05) is 42.8 Å². The maximum absolute atomic E-state index is 9.94. The minimum atomic E-state index is -0.514. The van der Waals surface area contributed by atoms with E-state index < -0.39 is 6.10 Å². The topological polar surface area (TPSA) is 29.5 Å². The number of hydrogen-bond acceptors (Lipinski definition) is 2. The number of benzene rings is 2. The molecule has 0 saturated heterocycles. The molecule has 2 aromatic rings. The first-order valence-electron chi connectivity index (χ1n) is 5.91. The van der Waals surface area contributed by atoms with Gasteiger partial charge in [0.1, 0.15) is 11.5 Å². The maximum atomic E-state index is 9.94. The Morgan fingerprint density at radius 2 is 1.94 bits per heavy atom. The van der Waals surface area contributed by atoms with Crippen LogP contribution in [-0.4, -0.2) is 5.11 Å². The Balaban J connectivity index is 2.29. The number of rotatable bonds is 4. The predicted molar refractivity (Wildman–Crippen MR) is 73.2 cm³/mol. The van der Waals surface area contributed by atoms with Crippen molar-refractivity contribution in [3.8, 4) is 11.5 Å². The number of aliphatic hydroxyl groups excluding tert-OH is 1. The van der Waals surface area contributed by atoms with Gasteiger partial charge in [-0.2, -0.15) is 0 Å². The van der Waals surface area contributed by atoms with Crippen molar-refractivity contribution in [3.05, 3.63) is 59.1 Å². The highest BCUT2D eigenvalue weighted by Gasteiger charge is 2.11. The molecule has 0 aliphatic heterocycles. The minimum Gasteiger partial charge on any atom is -0.457 e. The molecule has 0 bridgehead atoms. The van der Waals surface area contributed by atoms with E-state index in [1.807, 2.05) is 43.3 Å². The summed E-state index contributed by atoms with van der Waals surface area (Å²) in [6, 6.07) is 14.7. The van der Waals surface area contributed by atoms with Gasteiger partial charge in [-0.3, -0.25) is 0 Å². The number of aliphatic hydroxyl groups is 1. The zero-order valence-electron chi connectivity index (χ0n) is 10.1. The van der Waals surface area contributed by atoms with Crippen molar-refractivity contribution in [1.29, 1.82) is 0 Å². The first-order valence-corrected chi connectivity index (χ1v) is 6.29. The van der Waals surface area contributed by atoms with E-state index in [-0.39, 0.29) is 0 Å². The van der Waals surface area contributed by atoms with E-state index in [0.29, 0.717) is 22.9 Å². The molecule has 2 nitrogen and oxygen atoms in total. The lowest BCUT2D eigenvalue weighted by molar-refractivity contribution is 0.170. The highest BCUT2D eigenvalue weighted by molar-refractivity contribution is 6.30. The second-order valence-electron chi connectivity index (χ2n) is 4.02. The fourth-order valence-electron chi connectivity index (χ4n) is 1.73. The summed E-state index contributed by atoms with van der Waals surface area (Å²) >= 11 is 5.91. The number of halogens is 1. The molecular weight excluding hydrogens is 248 g/mol. The summed E-state index contributed by atoms with van der Waals surface area (Å²) in [6.07, 6.45) is 0.135. The Labute approximate surface area is 112 Å². The molecule has 0 aliphatic carbocycles. The first kappa shape index (κ1) is 12.9. The molecule has 1 unspecified atom stereocenters. The zero-order valence-corrected chi connectivity index (χ0v) is 10.9. The molecule has 0 aliphatic rings. The number of hydrogen-bond donors (Lipinski definition) is 1. The molecule has 0 spiro atoms. The number of ether oxygens (including phenoxy) is 1. The molecule has 3 heteroatoms. The quantitative estimate of drug-likeness (QED) is 0.874. The third-order valence-corrected chi connectivity index (χ3v) is 2.92. The van der Waals surface area contributed by atoms with Crippen LogP contribution in [-0.2, 0) is 0 Å². The van der Waals surface area contributed by atoms with Crippen LogP contribution in [0.15, 0.2) is 48.5 Å². The molecule has 0 amide bonds. The molecule has 0 saturated carbocycles. The van der Waals surface area contributed by atoms with Gasteiger partial charge >= 0.3 is 0 Å². The van der Waals surface area contributed by atoms with Gasteiger partial charge in [0, 0.05) is 10.6 Å². The van der Waals surface area contributed by atoms with E-state index >= 15 is 0 Å². The summed E-state index contributed by atoms with van der Waals surface area (Å²) < 4.78 is 5.77. The molecule has 2 aromatic carbocycles. The second kappa shape index (κ2) is 5.89. The highest BCUT2D eigenvalue weighted by Crippen LogP contribution is 2.31. The fourth-order valence-corrected chi connectivity index (χ4v) is 1.91. The molecule has 18 heavy (non-hydrogen) atoms. The molecule has 0 aromatic heterocycles. The predicted octanol–water partition coefficient (Wildman–Crippen LogP) is 4.58. The second-order valence-corrected chi connectivity index (χ2v) is 4.46. The van der Waals surface area contributed by atoms with Crippen molar-refractivity contribution in [2.24, 2.45) is 0 Å². The Hall–Kier alpha value is -1.51. The van der Waals surface area contributed by atoms with Crippen molar-refractivity contribution < 1.29 is 9.84 Å². The van der Waals surface area contributed by atoms with Crippen LogP contribution in [0.5, 0.6) is 11.5 Å². The molecule has 94 valence electrons. The maximum Gasteiger partial charge on any atom is 0.133 e. The Morgan fingerprint density at radius 1 is 1.17 bits per heavy atom. The average molecular weight is 263 g/mol. The van der Waals surface area contributed by atoms with Crippen LogP contribution in [0.25, 0.3) is 0 Å². The largest absolute Gasteiger partial charge is 0.457 e. The van der Waals surface area contributed by atoms with Gasteiger partial charge in [0.05, 0.1) is 6.10 Å². The molecular formula is C15H15ClO2. The lowest BCUT2D eigenvalue weighted by atomic mass is 10.1. The number of para-hydroxylation sites is 1. The summed E-state index contributed by atoms with van der Waals surface area (Å²) in [6.45, 7) is 1.93. The summed E-state index contributed by atoms with van der Waals surface area (Å²) in [5, 5.41) is 10.6. The normalized spacial score (nSPS) is 12.2. The Morgan fingerprint density at radius 3 is 2.67 bits per heavy atom. The lowest BCUT2D eigenvalue weighted by Gasteiger charge is -2.14. The van der Waals surface area contributed by atoms with Crippen molar-refractivity contribution in [2.75, 3.05) is 0 Å². The smallest absolute Gasteiger partial charge is 0.133 e. The fraction of sp³-hybridized carbons (Fsp3) is 0.200. The summed E-state index contributed by atoms with van der Waals surface area (Å²) in [5.74, 6) is 1.33. The Kier molecular flexibility index (Phi) is 4.24. The standard InChI is InChI=1S/C15H15ClO2/c1-2-14(17)13-8-3-4-9-15(13)18-12-7-5-6-11(16)10-12/h3-10,14,17H,2H2,1H3. The van der Waals surface area contributed by atoms with Crippen molar-refractivity contribution >= 4 is 11.6 Å². The summed E-state index contributed by atoms with van der Waals surface area (Å²) in [7, 11) is 0. The van der Waals surface area contributed by atoms with Crippen LogP contribution in [0.4, 0.5) is 0 Å². The van der Waals surface area contributed by atoms with Crippen molar-refractivity contribution in [3.63, 3.8) is 0 Å². The monoisotopic (exact) mass is 262 g/mol. The first-order chi connectivity index (χ1) is 8.70. The summed E-state index contributed by atoms with van der Waals surface area (Å²) in [4.78, 5) is 0. The van der Waals surface area contributed by atoms with Crippen LogP contribution in [0, 0.1) is 0 Å². The molecule has 0 heterocycles. The van der Waals surface area contributed by atoms with Crippen molar-refractivity contribution in [2.45, 2.75) is 19.4 Å². The van der Waals surface area contributed by atoms with Crippen LogP contribution >= 0.6 is 11.6 Å². The van der Waals surface area contributed by atoms with E-state index in [1.165, 1.54) is 0 Å².